The summed E-state index contributed by atoms with van der Waals surface area (Å²) in [6.07, 6.45) is 1.16. The summed E-state index contributed by atoms with van der Waals surface area (Å²) < 4.78 is 32.7. The van der Waals surface area contributed by atoms with E-state index in [9.17, 15) is 13.2 Å². The van der Waals surface area contributed by atoms with Crippen LogP contribution in [-0.4, -0.2) is 21.0 Å². The minimum absolute atomic E-state index is 0.0608. The van der Waals surface area contributed by atoms with Gasteiger partial charge in [0.25, 0.3) is 10.0 Å². The normalized spacial score (nSPS) is 11.4. The summed E-state index contributed by atoms with van der Waals surface area (Å²) in [5.41, 5.74) is 1.14. The Bertz CT molecular complexity index is 1060. The first-order valence-electron chi connectivity index (χ1n) is 8.20. The van der Waals surface area contributed by atoms with Gasteiger partial charge in [-0.15, -0.1) is 0 Å². The molecule has 0 amide bonds. The molecule has 0 aliphatic carbocycles. The van der Waals surface area contributed by atoms with Crippen molar-refractivity contribution in [3.05, 3.63) is 64.8 Å². The Kier molecular flexibility index (Phi) is 7.04. The Morgan fingerprint density at radius 1 is 1.25 bits per heavy atom. The third-order valence-electron chi connectivity index (χ3n) is 3.54. The number of hydrogen-bond acceptors (Lipinski definition) is 6. The molecule has 2 rings (SSSR count). The molecule has 0 aliphatic heterocycles. The minimum atomic E-state index is -3.95. The molecule has 146 valence electrons. The molecule has 28 heavy (non-hydrogen) atoms. The number of carbonyl (C=O) groups excluding carboxylic acids is 1. The number of halogens is 1. The Labute approximate surface area is 168 Å². The zero-order chi connectivity index (χ0) is 20.7. The summed E-state index contributed by atoms with van der Waals surface area (Å²) >= 11 is 6.07. The number of ether oxygens (including phenoxy) is 1. The number of benzene rings is 2. The van der Waals surface area contributed by atoms with Gasteiger partial charge in [0.15, 0.2) is 5.57 Å². The van der Waals surface area contributed by atoms with E-state index in [0.717, 1.165) is 11.8 Å². The molecule has 0 heterocycles. The molecule has 0 aliphatic rings. The van der Waals surface area contributed by atoms with Crippen LogP contribution in [0.2, 0.25) is 5.02 Å². The summed E-state index contributed by atoms with van der Waals surface area (Å²) in [5, 5.41) is 11.9. The van der Waals surface area contributed by atoms with E-state index in [1.54, 1.807) is 50.2 Å². The molecule has 0 saturated carbocycles. The third-order valence-corrected chi connectivity index (χ3v) is 5.38. The largest absolute Gasteiger partial charge is 0.462 e. The zero-order valence-electron chi connectivity index (χ0n) is 15.2. The number of rotatable bonds is 7. The lowest BCUT2D eigenvalue weighted by Gasteiger charge is -2.13. The van der Waals surface area contributed by atoms with Crippen molar-refractivity contribution in [1.29, 1.82) is 5.26 Å². The summed E-state index contributed by atoms with van der Waals surface area (Å²) in [5.74, 6) is -0.776. The number of carbonyl (C=O) groups is 1. The van der Waals surface area contributed by atoms with Crippen molar-refractivity contribution in [2.75, 3.05) is 16.6 Å². The average Bonchev–Trinajstić information content (AvgIpc) is 2.63. The highest BCUT2D eigenvalue weighted by atomic mass is 35.5. The van der Waals surface area contributed by atoms with Crippen molar-refractivity contribution < 1.29 is 17.9 Å². The Morgan fingerprint density at radius 3 is 2.54 bits per heavy atom. The van der Waals surface area contributed by atoms with Crippen LogP contribution in [-0.2, 0) is 19.6 Å². The van der Waals surface area contributed by atoms with Crippen LogP contribution in [0, 0.1) is 18.3 Å². The molecular formula is C19H18ClN3O4S. The molecule has 0 bridgehead atoms. The molecule has 0 aromatic heterocycles. The van der Waals surface area contributed by atoms with Crippen molar-refractivity contribution in [3.8, 4) is 6.07 Å². The molecule has 0 saturated heterocycles. The van der Waals surface area contributed by atoms with Crippen LogP contribution in [0.1, 0.15) is 12.5 Å². The highest BCUT2D eigenvalue weighted by molar-refractivity contribution is 7.92. The molecular weight excluding hydrogens is 402 g/mol. The molecule has 0 fully saturated rings. The predicted octanol–water partition coefficient (Wildman–Crippen LogP) is 3.83. The van der Waals surface area contributed by atoms with Gasteiger partial charge in [-0.2, -0.15) is 5.26 Å². The average molecular weight is 420 g/mol. The fraction of sp³-hybridized carbons (Fsp3) is 0.158. The van der Waals surface area contributed by atoms with Gasteiger partial charge in [-0.25, -0.2) is 13.2 Å². The van der Waals surface area contributed by atoms with E-state index in [1.807, 2.05) is 0 Å². The van der Waals surface area contributed by atoms with Crippen molar-refractivity contribution >= 4 is 39.0 Å². The van der Waals surface area contributed by atoms with Gasteiger partial charge in [0, 0.05) is 6.20 Å². The van der Waals surface area contributed by atoms with Gasteiger partial charge in [-0.3, -0.25) is 4.72 Å². The number of aryl methyl sites for hydroxylation is 1. The Morgan fingerprint density at radius 2 is 1.93 bits per heavy atom. The monoisotopic (exact) mass is 419 g/mol. The maximum absolute atomic E-state index is 12.7. The lowest BCUT2D eigenvalue weighted by Crippen LogP contribution is -2.15. The number of para-hydroxylation sites is 2. The molecule has 7 nitrogen and oxygen atoms in total. The topological polar surface area (TPSA) is 108 Å². The van der Waals surface area contributed by atoms with Gasteiger partial charge >= 0.3 is 5.97 Å². The van der Waals surface area contributed by atoms with Crippen molar-refractivity contribution in [3.63, 3.8) is 0 Å². The molecule has 9 heteroatoms. The zero-order valence-corrected chi connectivity index (χ0v) is 16.8. The van der Waals surface area contributed by atoms with Gasteiger partial charge in [0.1, 0.15) is 11.0 Å². The van der Waals surface area contributed by atoms with E-state index >= 15 is 0 Å². The van der Waals surface area contributed by atoms with Gasteiger partial charge in [0.05, 0.1) is 23.0 Å². The molecule has 0 spiro atoms. The van der Waals surface area contributed by atoms with Gasteiger partial charge in [-0.05, 0) is 43.7 Å². The maximum atomic E-state index is 12.7. The smallest absolute Gasteiger partial charge is 0.350 e. The van der Waals surface area contributed by atoms with E-state index in [2.05, 4.69) is 10.0 Å². The predicted molar refractivity (Wildman–Crippen MR) is 107 cm³/mol. The first-order chi connectivity index (χ1) is 13.3. The number of hydrogen-bond donors (Lipinski definition) is 2. The van der Waals surface area contributed by atoms with E-state index in [0.29, 0.717) is 5.69 Å². The van der Waals surface area contributed by atoms with E-state index in [-0.39, 0.29) is 27.8 Å². The van der Waals surface area contributed by atoms with Crippen LogP contribution in [0.4, 0.5) is 11.4 Å². The standard InChI is InChI=1S/C19H18ClN3O4S/c1-3-27-19(24)14(11-21)12-22-16-6-4-5-7-17(16)23-28(25,26)18-9-8-13(2)10-15(18)20/h4-10,12,22-23H,3H2,1-2H3/b14-12+. The van der Waals surface area contributed by atoms with Crippen LogP contribution in [0.5, 0.6) is 0 Å². The maximum Gasteiger partial charge on any atom is 0.350 e. The molecule has 2 N–H and O–H groups in total. The number of nitriles is 1. The van der Waals surface area contributed by atoms with E-state index in [4.69, 9.17) is 21.6 Å². The van der Waals surface area contributed by atoms with Crippen molar-refractivity contribution in [2.24, 2.45) is 0 Å². The number of esters is 1. The minimum Gasteiger partial charge on any atom is -0.462 e. The SMILES string of the molecule is CCOC(=O)/C(C#N)=C/Nc1ccccc1NS(=O)(=O)c1ccc(C)cc1Cl. The van der Waals surface area contributed by atoms with Crippen LogP contribution in [0.3, 0.4) is 0 Å². The highest BCUT2D eigenvalue weighted by Gasteiger charge is 2.19. The number of sulfonamides is 1. The Hall–Kier alpha value is -3.02. The summed E-state index contributed by atoms with van der Waals surface area (Å²) in [4.78, 5) is 11.6. The third kappa shape index (κ3) is 5.25. The van der Waals surface area contributed by atoms with E-state index in [1.165, 1.54) is 12.1 Å². The van der Waals surface area contributed by atoms with Crippen molar-refractivity contribution in [2.45, 2.75) is 18.7 Å². The Balaban J connectivity index is 2.31. The van der Waals surface area contributed by atoms with Crippen LogP contribution in [0.15, 0.2) is 59.1 Å². The molecule has 0 atom stereocenters. The first-order valence-corrected chi connectivity index (χ1v) is 10.1. The van der Waals surface area contributed by atoms with E-state index < -0.39 is 16.0 Å². The summed E-state index contributed by atoms with van der Waals surface area (Å²) in [7, 11) is -3.95. The lowest BCUT2D eigenvalue weighted by atomic mass is 10.2. The number of anilines is 2. The van der Waals surface area contributed by atoms with Crippen LogP contribution < -0.4 is 10.0 Å². The van der Waals surface area contributed by atoms with Crippen LogP contribution >= 0.6 is 11.6 Å². The lowest BCUT2D eigenvalue weighted by molar-refractivity contribution is -0.138. The second-order valence-electron chi connectivity index (χ2n) is 5.62. The van der Waals surface area contributed by atoms with Gasteiger partial charge in [-0.1, -0.05) is 29.8 Å². The summed E-state index contributed by atoms with van der Waals surface area (Å²) in [6.45, 7) is 3.56. The number of nitrogens with one attached hydrogen (secondary N) is 2. The van der Waals surface area contributed by atoms with Gasteiger partial charge in [0.2, 0.25) is 0 Å². The van der Waals surface area contributed by atoms with Gasteiger partial charge < -0.3 is 10.1 Å². The second-order valence-corrected chi connectivity index (χ2v) is 7.68. The quantitative estimate of drug-likeness (QED) is 0.401. The molecule has 2 aromatic carbocycles. The molecule has 0 unspecified atom stereocenters. The molecule has 0 radical (unpaired) electrons. The molecule has 2 aromatic rings. The number of nitrogens with zero attached hydrogens (tertiary/aromatic N) is 1. The second kappa shape index (κ2) is 9.26. The first kappa shape index (κ1) is 21.3. The fourth-order valence-corrected chi connectivity index (χ4v) is 3.90. The fourth-order valence-electron chi connectivity index (χ4n) is 2.22. The van der Waals surface area contributed by atoms with Crippen molar-refractivity contribution in [1.82, 2.24) is 0 Å². The summed E-state index contributed by atoms with van der Waals surface area (Å²) in [6, 6.07) is 12.8. The highest BCUT2D eigenvalue weighted by Crippen LogP contribution is 2.28. The van der Waals surface area contributed by atoms with Crippen LogP contribution in [0.25, 0.3) is 0 Å².